The summed E-state index contributed by atoms with van der Waals surface area (Å²) in [6, 6.07) is 9.46. The van der Waals surface area contributed by atoms with Gasteiger partial charge in [0.15, 0.2) is 11.5 Å². The van der Waals surface area contributed by atoms with Crippen molar-refractivity contribution in [1.29, 1.82) is 0 Å². The first-order chi connectivity index (χ1) is 8.24. The predicted molar refractivity (Wildman–Crippen MR) is 60.9 cm³/mol. The number of benzene rings is 1. The van der Waals surface area contributed by atoms with E-state index in [0.717, 1.165) is 5.56 Å². The molecule has 1 heterocycles. The molecule has 0 saturated heterocycles. The van der Waals surface area contributed by atoms with E-state index in [1.165, 1.54) is 24.5 Å². The number of carbonyl (C=O) groups is 1. The fourth-order valence-corrected chi connectivity index (χ4v) is 1.87. The highest BCUT2D eigenvalue weighted by atomic mass is 16.5. The van der Waals surface area contributed by atoms with E-state index in [0.29, 0.717) is 11.7 Å². The SMILES string of the molecule is O=C(O)c1cc(-c2cccc(C3CC3)c2)on1. The molecule has 4 heteroatoms. The van der Waals surface area contributed by atoms with Crippen LogP contribution >= 0.6 is 0 Å². The molecule has 0 bridgehead atoms. The number of carboxylic acids is 1. The molecule has 0 atom stereocenters. The van der Waals surface area contributed by atoms with Crippen LogP contribution in [0.3, 0.4) is 0 Å². The Balaban J connectivity index is 1.96. The third kappa shape index (κ3) is 1.93. The predicted octanol–water partition coefficient (Wildman–Crippen LogP) is 2.92. The molecule has 1 fully saturated rings. The normalized spacial score (nSPS) is 14.8. The Bertz CT molecular complexity index is 570. The van der Waals surface area contributed by atoms with E-state index < -0.39 is 5.97 Å². The van der Waals surface area contributed by atoms with Gasteiger partial charge in [-0.25, -0.2) is 4.79 Å². The average molecular weight is 229 g/mol. The lowest BCUT2D eigenvalue weighted by Crippen LogP contribution is -1.94. The monoisotopic (exact) mass is 229 g/mol. The summed E-state index contributed by atoms with van der Waals surface area (Å²) < 4.78 is 5.04. The first-order valence-corrected chi connectivity index (χ1v) is 5.54. The van der Waals surface area contributed by atoms with Gasteiger partial charge in [-0.15, -0.1) is 0 Å². The first-order valence-electron chi connectivity index (χ1n) is 5.54. The number of nitrogens with zero attached hydrogens (tertiary/aromatic N) is 1. The number of aromatic nitrogens is 1. The van der Waals surface area contributed by atoms with Crippen LogP contribution in [0.25, 0.3) is 11.3 Å². The first kappa shape index (κ1) is 10.1. The minimum Gasteiger partial charge on any atom is -0.476 e. The highest BCUT2D eigenvalue weighted by molar-refractivity contribution is 5.86. The smallest absolute Gasteiger partial charge is 0.358 e. The summed E-state index contributed by atoms with van der Waals surface area (Å²) in [6.45, 7) is 0. The second-order valence-electron chi connectivity index (χ2n) is 4.28. The molecular weight excluding hydrogens is 218 g/mol. The molecule has 3 rings (SSSR count). The zero-order chi connectivity index (χ0) is 11.8. The van der Waals surface area contributed by atoms with Gasteiger partial charge in [0.25, 0.3) is 0 Å². The maximum atomic E-state index is 10.7. The van der Waals surface area contributed by atoms with Gasteiger partial charge in [0.05, 0.1) is 0 Å². The van der Waals surface area contributed by atoms with Crippen molar-refractivity contribution >= 4 is 5.97 Å². The van der Waals surface area contributed by atoms with Crippen LogP contribution in [-0.4, -0.2) is 16.2 Å². The highest BCUT2D eigenvalue weighted by Crippen LogP contribution is 2.41. The zero-order valence-corrected chi connectivity index (χ0v) is 9.09. The van der Waals surface area contributed by atoms with E-state index in [1.807, 2.05) is 18.2 Å². The topological polar surface area (TPSA) is 63.3 Å². The number of hydrogen-bond donors (Lipinski definition) is 1. The van der Waals surface area contributed by atoms with Crippen LogP contribution in [0.4, 0.5) is 0 Å². The molecule has 0 unspecified atom stereocenters. The van der Waals surface area contributed by atoms with E-state index in [-0.39, 0.29) is 5.69 Å². The molecule has 1 saturated carbocycles. The van der Waals surface area contributed by atoms with Crippen LogP contribution in [0.15, 0.2) is 34.9 Å². The van der Waals surface area contributed by atoms with Crippen molar-refractivity contribution in [3.05, 3.63) is 41.6 Å². The summed E-state index contributed by atoms with van der Waals surface area (Å²) in [5.41, 5.74) is 2.11. The molecule has 1 aliphatic rings. The second kappa shape index (κ2) is 3.73. The molecule has 0 amide bonds. The molecule has 86 valence electrons. The van der Waals surface area contributed by atoms with E-state index in [9.17, 15) is 4.79 Å². The van der Waals surface area contributed by atoms with Crippen molar-refractivity contribution in [2.75, 3.05) is 0 Å². The van der Waals surface area contributed by atoms with Gasteiger partial charge >= 0.3 is 5.97 Å². The maximum absolute atomic E-state index is 10.7. The van der Waals surface area contributed by atoms with Gasteiger partial charge in [-0.3, -0.25) is 0 Å². The molecule has 1 N–H and O–H groups in total. The Morgan fingerprint density at radius 3 is 2.82 bits per heavy atom. The maximum Gasteiger partial charge on any atom is 0.358 e. The summed E-state index contributed by atoms with van der Waals surface area (Å²) in [5, 5.41) is 12.3. The van der Waals surface area contributed by atoms with E-state index in [2.05, 4.69) is 11.2 Å². The molecule has 4 nitrogen and oxygen atoms in total. The summed E-state index contributed by atoms with van der Waals surface area (Å²) in [6.07, 6.45) is 2.47. The van der Waals surface area contributed by atoms with Crippen LogP contribution in [0.1, 0.15) is 34.8 Å². The van der Waals surface area contributed by atoms with Gasteiger partial charge in [0.1, 0.15) is 0 Å². The van der Waals surface area contributed by atoms with Gasteiger partial charge < -0.3 is 9.63 Å². The lowest BCUT2D eigenvalue weighted by Gasteiger charge is -2.00. The fourth-order valence-electron chi connectivity index (χ4n) is 1.87. The van der Waals surface area contributed by atoms with Crippen LogP contribution in [-0.2, 0) is 0 Å². The van der Waals surface area contributed by atoms with Crippen molar-refractivity contribution < 1.29 is 14.4 Å². The minimum atomic E-state index is -1.07. The lowest BCUT2D eigenvalue weighted by atomic mass is 10.1. The Hall–Kier alpha value is -2.10. The number of hydrogen-bond acceptors (Lipinski definition) is 3. The van der Waals surface area contributed by atoms with Crippen LogP contribution in [0.2, 0.25) is 0 Å². The molecule has 1 aromatic carbocycles. The van der Waals surface area contributed by atoms with Crippen LogP contribution in [0.5, 0.6) is 0 Å². The van der Waals surface area contributed by atoms with Gasteiger partial charge in [-0.05, 0) is 30.4 Å². The number of aromatic carboxylic acids is 1. The average Bonchev–Trinajstić information content (AvgIpc) is 3.06. The number of carboxylic acid groups (broad SMARTS) is 1. The van der Waals surface area contributed by atoms with E-state index in [4.69, 9.17) is 9.63 Å². The Labute approximate surface area is 97.9 Å². The van der Waals surface area contributed by atoms with E-state index in [1.54, 1.807) is 0 Å². The largest absolute Gasteiger partial charge is 0.476 e. The molecule has 17 heavy (non-hydrogen) atoms. The molecule has 2 aromatic rings. The van der Waals surface area contributed by atoms with Crippen LogP contribution in [0, 0.1) is 0 Å². The third-order valence-electron chi connectivity index (χ3n) is 2.95. The molecule has 1 aliphatic carbocycles. The summed E-state index contributed by atoms with van der Waals surface area (Å²) in [7, 11) is 0. The second-order valence-corrected chi connectivity index (χ2v) is 4.28. The van der Waals surface area contributed by atoms with Crippen molar-refractivity contribution in [2.24, 2.45) is 0 Å². The summed E-state index contributed by atoms with van der Waals surface area (Å²) >= 11 is 0. The quantitative estimate of drug-likeness (QED) is 0.878. The molecule has 0 radical (unpaired) electrons. The minimum absolute atomic E-state index is 0.0585. The number of rotatable bonds is 3. The van der Waals surface area contributed by atoms with Gasteiger partial charge in [0, 0.05) is 11.6 Å². The van der Waals surface area contributed by atoms with Crippen molar-refractivity contribution in [3.8, 4) is 11.3 Å². The highest BCUT2D eigenvalue weighted by Gasteiger charge is 2.24. The van der Waals surface area contributed by atoms with Gasteiger partial charge in [-0.2, -0.15) is 0 Å². The zero-order valence-electron chi connectivity index (χ0n) is 9.09. The van der Waals surface area contributed by atoms with Gasteiger partial charge in [-0.1, -0.05) is 23.4 Å². The Kier molecular flexibility index (Phi) is 2.21. The lowest BCUT2D eigenvalue weighted by molar-refractivity contribution is 0.0686. The summed E-state index contributed by atoms with van der Waals surface area (Å²) in [5.74, 6) is 0.0973. The summed E-state index contributed by atoms with van der Waals surface area (Å²) in [4.78, 5) is 10.7. The Morgan fingerprint density at radius 2 is 2.18 bits per heavy atom. The van der Waals surface area contributed by atoms with Crippen LogP contribution < -0.4 is 0 Å². The van der Waals surface area contributed by atoms with Crippen molar-refractivity contribution in [2.45, 2.75) is 18.8 Å². The fraction of sp³-hybridized carbons (Fsp3) is 0.231. The molecule has 0 aliphatic heterocycles. The molecule has 0 spiro atoms. The standard InChI is InChI=1S/C13H11NO3/c15-13(16)11-7-12(17-14-11)10-3-1-2-9(6-10)8-4-5-8/h1-3,6-8H,4-5H2,(H,15,16). The third-order valence-corrected chi connectivity index (χ3v) is 2.95. The van der Waals surface area contributed by atoms with Crippen molar-refractivity contribution in [3.63, 3.8) is 0 Å². The molecular formula is C13H11NO3. The van der Waals surface area contributed by atoms with Crippen molar-refractivity contribution in [1.82, 2.24) is 5.16 Å². The van der Waals surface area contributed by atoms with Gasteiger partial charge in [0.2, 0.25) is 0 Å². The Morgan fingerprint density at radius 1 is 1.35 bits per heavy atom. The molecule has 1 aromatic heterocycles. The van der Waals surface area contributed by atoms with E-state index >= 15 is 0 Å².